The molecule has 0 unspecified atom stereocenters. The van der Waals surface area contributed by atoms with Crippen LogP contribution < -0.4 is 10.5 Å². The van der Waals surface area contributed by atoms with E-state index in [1.54, 1.807) is 0 Å². The van der Waals surface area contributed by atoms with Crippen LogP contribution in [0.5, 0.6) is 5.75 Å². The summed E-state index contributed by atoms with van der Waals surface area (Å²) in [5.41, 5.74) is 4.22. The highest BCUT2D eigenvalue weighted by Gasteiger charge is 2.25. The zero-order chi connectivity index (χ0) is 12.3. The minimum Gasteiger partial charge on any atom is -0.494 e. The lowest BCUT2D eigenvalue weighted by Gasteiger charge is -2.12. The van der Waals surface area contributed by atoms with Crippen molar-refractivity contribution in [2.24, 2.45) is 0 Å². The van der Waals surface area contributed by atoms with Crippen LogP contribution >= 0.6 is 0 Å². The van der Waals surface area contributed by atoms with E-state index in [0.29, 0.717) is 0 Å². The van der Waals surface area contributed by atoms with Gasteiger partial charge in [0, 0.05) is 0 Å². The molecule has 0 aliphatic rings. The molecule has 2 N–H and O–H groups in total. The second-order valence-corrected chi connectivity index (χ2v) is 2.80. The maximum Gasteiger partial charge on any atom is 0.360 e. The number of nitrogens with two attached hydrogens (primary N) is 1. The Hall–Kier alpha value is -1.92. The maximum absolute atomic E-state index is 12.7. The number of carbonyl (C=O) groups is 1. The number of hydrogen-bond donors (Lipinski definition) is 1. The van der Waals surface area contributed by atoms with E-state index < -0.39 is 18.0 Å². The largest absolute Gasteiger partial charge is 0.494 e. The molecular formula is C9H10F2N2O3. The number of esters is 1. The predicted molar refractivity (Wildman–Crippen MR) is 51.5 cm³/mol. The third-order valence-corrected chi connectivity index (χ3v) is 1.90. The fraction of sp³-hybridized carbons (Fsp3) is 0.333. The van der Waals surface area contributed by atoms with Crippen LogP contribution in [0.3, 0.4) is 0 Å². The molecule has 88 valence electrons. The highest BCUT2D eigenvalue weighted by molar-refractivity contribution is 5.91. The molecule has 0 fully saturated rings. The molecule has 0 radical (unpaired) electrons. The Bertz CT molecular complexity index is 410. The quantitative estimate of drug-likeness (QED) is 0.797. The molecule has 1 aromatic rings. The Morgan fingerprint density at radius 1 is 1.50 bits per heavy atom. The first-order valence-corrected chi connectivity index (χ1v) is 4.21. The normalized spacial score (nSPS) is 10.3. The first kappa shape index (κ1) is 12.2. The molecule has 7 heteroatoms. The molecule has 0 aromatic carbocycles. The Labute approximate surface area is 90.2 Å². The van der Waals surface area contributed by atoms with Gasteiger partial charge in [-0.3, -0.25) is 0 Å². The molecular weight excluding hydrogens is 222 g/mol. The Morgan fingerprint density at radius 2 is 2.12 bits per heavy atom. The van der Waals surface area contributed by atoms with E-state index in [1.165, 1.54) is 0 Å². The zero-order valence-electron chi connectivity index (χ0n) is 8.66. The summed E-state index contributed by atoms with van der Waals surface area (Å²) in [5.74, 6) is -1.22. The van der Waals surface area contributed by atoms with Gasteiger partial charge < -0.3 is 15.2 Å². The molecule has 0 saturated carbocycles. The van der Waals surface area contributed by atoms with Gasteiger partial charge in [0.05, 0.1) is 31.7 Å². The van der Waals surface area contributed by atoms with Crippen molar-refractivity contribution in [3.8, 4) is 5.75 Å². The Balaban J connectivity index is 3.42. The smallest absolute Gasteiger partial charge is 0.360 e. The highest BCUT2D eigenvalue weighted by atomic mass is 19.3. The van der Waals surface area contributed by atoms with Gasteiger partial charge in [-0.05, 0) is 0 Å². The van der Waals surface area contributed by atoms with Crippen molar-refractivity contribution < 1.29 is 23.0 Å². The third kappa shape index (κ3) is 2.02. The summed E-state index contributed by atoms with van der Waals surface area (Å²) >= 11 is 0. The molecule has 0 bridgehead atoms. The summed E-state index contributed by atoms with van der Waals surface area (Å²) in [6.45, 7) is 0. The molecule has 1 aromatic heterocycles. The number of methoxy groups -OCH3 is 2. The van der Waals surface area contributed by atoms with E-state index >= 15 is 0 Å². The molecule has 1 rings (SSSR count). The van der Waals surface area contributed by atoms with Crippen LogP contribution in [-0.4, -0.2) is 25.2 Å². The summed E-state index contributed by atoms with van der Waals surface area (Å²) in [4.78, 5) is 14.8. The van der Waals surface area contributed by atoms with Crippen molar-refractivity contribution in [3.63, 3.8) is 0 Å². The standard InChI is InChI=1S/C9H10F2N2O3/c1-15-7-5(8(10)11)4(12)3-13-6(7)9(14)16-2/h3,8H,12H2,1-2H3. The van der Waals surface area contributed by atoms with E-state index in [-0.39, 0.29) is 17.1 Å². The molecule has 0 saturated heterocycles. The molecule has 16 heavy (non-hydrogen) atoms. The van der Waals surface area contributed by atoms with Crippen molar-refractivity contribution >= 4 is 11.7 Å². The topological polar surface area (TPSA) is 74.4 Å². The maximum atomic E-state index is 12.7. The fourth-order valence-corrected chi connectivity index (χ4v) is 1.19. The minimum atomic E-state index is -2.86. The lowest BCUT2D eigenvalue weighted by Crippen LogP contribution is -2.11. The van der Waals surface area contributed by atoms with Gasteiger partial charge in [-0.2, -0.15) is 0 Å². The van der Waals surface area contributed by atoms with Crippen LogP contribution in [0.1, 0.15) is 22.5 Å². The molecule has 0 aliphatic carbocycles. The average molecular weight is 232 g/mol. The second kappa shape index (κ2) is 4.73. The number of pyridine rings is 1. The van der Waals surface area contributed by atoms with Crippen molar-refractivity contribution in [2.75, 3.05) is 20.0 Å². The SMILES string of the molecule is COC(=O)c1ncc(N)c(C(F)F)c1OC. The number of alkyl halides is 2. The first-order valence-electron chi connectivity index (χ1n) is 4.21. The van der Waals surface area contributed by atoms with Gasteiger partial charge in [0.25, 0.3) is 6.43 Å². The van der Waals surface area contributed by atoms with Crippen LogP contribution in [0.15, 0.2) is 6.20 Å². The molecule has 0 amide bonds. The van der Waals surface area contributed by atoms with Gasteiger partial charge in [0.15, 0.2) is 11.4 Å². The number of halogens is 2. The number of nitrogens with zero attached hydrogens (tertiary/aromatic N) is 1. The van der Waals surface area contributed by atoms with E-state index in [2.05, 4.69) is 9.72 Å². The van der Waals surface area contributed by atoms with Gasteiger partial charge in [-0.1, -0.05) is 0 Å². The van der Waals surface area contributed by atoms with Gasteiger partial charge in [0.1, 0.15) is 0 Å². The van der Waals surface area contributed by atoms with Crippen molar-refractivity contribution in [1.29, 1.82) is 0 Å². The van der Waals surface area contributed by atoms with Crippen molar-refractivity contribution in [2.45, 2.75) is 6.43 Å². The van der Waals surface area contributed by atoms with E-state index in [9.17, 15) is 13.6 Å². The summed E-state index contributed by atoms with van der Waals surface area (Å²) in [5, 5.41) is 0. The summed E-state index contributed by atoms with van der Waals surface area (Å²) in [7, 11) is 2.26. The number of anilines is 1. The van der Waals surface area contributed by atoms with Gasteiger partial charge in [-0.25, -0.2) is 18.6 Å². The van der Waals surface area contributed by atoms with Gasteiger partial charge in [0.2, 0.25) is 0 Å². The number of carbonyl (C=O) groups excluding carboxylic acids is 1. The number of ether oxygens (including phenoxy) is 2. The minimum absolute atomic E-state index is 0.237. The first-order chi connectivity index (χ1) is 7.52. The van der Waals surface area contributed by atoms with Crippen molar-refractivity contribution in [3.05, 3.63) is 17.5 Å². The molecule has 0 aliphatic heterocycles. The molecule has 0 spiro atoms. The predicted octanol–water partition coefficient (Wildman–Crippen LogP) is 1.40. The lowest BCUT2D eigenvalue weighted by molar-refractivity contribution is 0.0589. The van der Waals surface area contributed by atoms with Crippen LogP contribution in [0.2, 0.25) is 0 Å². The van der Waals surface area contributed by atoms with Crippen LogP contribution in [0.25, 0.3) is 0 Å². The van der Waals surface area contributed by atoms with E-state index in [1.807, 2.05) is 0 Å². The van der Waals surface area contributed by atoms with Crippen LogP contribution in [0.4, 0.5) is 14.5 Å². The Kier molecular flexibility index (Phi) is 3.60. The number of aromatic nitrogens is 1. The molecule has 0 atom stereocenters. The van der Waals surface area contributed by atoms with Crippen LogP contribution in [-0.2, 0) is 4.74 Å². The Morgan fingerprint density at radius 3 is 2.56 bits per heavy atom. The summed E-state index contributed by atoms with van der Waals surface area (Å²) in [6.07, 6.45) is -1.89. The molecule has 5 nitrogen and oxygen atoms in total. The van der Waals surface area contributed by atoms with Gasteiger partial charge in [-0.15, -0.1) is 0 Å². The second-order valence-electron chi connectivity index (χ2n) is 2.80. The molecule has 1 heterocycles. The number of nitrogen functional groups attached to an aromatic ring is 1. The van der Waals surface area contributed by atoms with E-state index in [0.717, 1.165) is 20.4 Å². The fourth-order valence-electron chi connectivity index (χ4n) is 1.19. The third-order valence-electron chi connectivity index (χ3n) is 1.90. The number of rotatable bonds is 3. The average Bonchev–Trinajstić information content (AvgIpc) is 2.26. The summed E-state index contributed by atoms with van der Waals surface area (Å²) < 4.78 is 34.5. The van der Waals surface area contributed by atoms with Crippen LogP contribution in [0, 0.1) is 0 Å². The lowest BCUT2D eigenvalue weighted by atomic mass is 10.1. The van der Waals surface area contributed by atoms with Crippen molar-refractivity contribution in [1.82, 2.24) is 4.98 Å². The van der Waals surface area contributed by atoms with Gasteiger partial charge >= 0.3 is 5.97 Å². The summed E-state index contributed by atoms with van der Waals surface area (Å²) in [6, 6.07) is 0. The zero-order valence-corrected chi connectivity index (χ0v) is 8.66. The highest BCUT2D eigenvalue weighted by Crippen LogP contribution is 2.35. The monoisotopic (exact) mass is 232 g/mol. The van der Waals surface area contributed by atoms with E-state index in [4.69, 9.17) is 10.5 Å². The number of hydrogen-bond acceptors (Lipinski definition) is 5.